The average Bonchev–Trinajstić information content (AvgIpc) is 2.73. The summed E-state index contributed by atoms with van der Waals surface area (Å²) in [5, 5.41) is 9.98. The van der Waals surface area contributed by atoms with Crippen molar-refractivity contribution < 1.29 is 32.2 Å². The topological polar surface area (TPSA) is 102 Å². The third-order valence-corrected chi connectivity index (χ3v) is 5.53. The number of rotatable bonds is 7. The molecule has 0 saturated carbocycles. The maximum atomic E-state index is 13.7. The molecule has 0 radical (unpaired) electrons. The largest absolute Gasteiger partial charge is 0.507 e. The lowest BCUT2D eigenvalue weighted by molar-refractivity contribution is 0.0465. The van der Waals surface area contributed by atoms with Crippen LogP contribution in [0.5, 0.6) is 11.5 Å². The van der Waals surface area contributed by atoms with Crippen molar-refractivity contribution in [2.45, 2.75) is 11.5 Å². The summed E-state index contributed by atoms with van der Waals surface area (Å²) >= 11 is 0. The Balaban J connectivity index is 1.83. The number of nitrogens with one attached hydrogen (secondary N) is 1. The maximum absolute atomic E-state index is 13.7. The van der Waals surface area contributed by atoms with Gasteiger partial charge in [0.1, 0.15) is 29.5 Å². The van der Waals surface area contributed by atoms with Crippen molar-refractivity contribution in [3.05, 3.63) is 83.7 Å². The molecule has 3 rings (SSSR count). The van der Waals surface area contributed by atoms with Crippen LogP contribution in [-0.4, -0.2) is 26.6 Å². The van der Waals surface area contributed by atoms with Gasteiger partial charge < -0.3 is 14.6 Å². The molecular formula is C21H18FNO6S. The van der Waals surface area contributed by atoms with Gasteiger partial charge in [0.05, 0.1) is 17.7 Å². The maximum Gasteiger partial charge on any atom is 0.342 e. The highest BCUT2D eigenvalue weighted by Crippen LogP contribution is 2.28. The minimum absolute atomic E-state index is 0.145. The molecule has 0 atom stereocenters. The Morgan fingerprint density at radius 2 is 1.77 bits per heavy atom. The van der Waals surface area contributed by atoms with Crippen molar-refractivity contribution in [3.63, 3.8) is 0 Å². The van der Waals surface area contributed by atoms with Crippen LogP contribution in [0.4, 0.5) is 10.1 Å². The standard InChI is InChI=1S/C21H18FNO6S/c1-28-20-9-5-4-8-18(20)23-30(26,27)15-10-11-19(24)16(12-15)21(25)29-13-14-6-2-3-7-17(14)22/h2-12,23-24H,13H2,1H3. The third kappa shape index (κ3) is 4.69. The molecule has 3 aromatic rings. The number of para-hydroxylation sites is 2. The lowest BCUT2D eigenvalue weighted by Crippen LogP contribution is -2.15. The minimum Gasteiger partial charge on any atom is -0.507 e. The zero-order valence-corrected chi connectivity index (χ0v) is 16.6. The number of anilines is 1. The van der Waals surface area contributed by atoms with Gasteiger partial charge in [-0.1, -0.05) is 30.3 Å². The van der Waals surface area contributed by atoms with E-state index in [1.807, 2.05) is 0 Å². The van der Waals surface area contributed by atoms with Crippen LogP contribution in [0.3, 0.4) is 0 Å². The summed E-state index contributed by atoms with van der Waals surface area (Å²) in [5.74, 6) is -1.70. The van der Waals surface area contributed by atoms with Gasteiger partial charge in [0.15, 0.2) is 0 Å². The molecule has 0 aliphatic carbocycles. The number of benzene rings is 3. The van der Waals surface area contributed by atoms with E-state index >= 15 is 0 Å². The molecule has 7 nitrogen and oxygen atoms in total. The van der Waals surface area contributed by atoms with E-state index in [2.05, 4.69) is 4.72 Å². The van der Waals surface area contributed by atoms with Crippen molar-refractivity contribution in [2.75, 3.05) is 11.8 Å². The lowest BCUT2D eigenvalue weighted by atomic mass is 10.2. The number of phenolic OH excluding ortho intramolecular Hbond substituents is 1. The highest BCUT2D eigenvalue weighted by molar-refractivity contribution is 7.92. The van der Waals surface area contributed by atoms with E-state index in [4.69, 9.17) is 9.47 Å². The second-order valence-electron chi connectivity index (χ2n) is 6.15. The van der Waals surface area contributed by atoms with Crippen LogP contribution < -0.4 is 9.46 Å². The summed E-state index contributed by atoms with van der Waals surface area (Å²) in [6.07, 6.45) is 0. The van der Waals surface area contributed by atoms with Gasteiger partial charge in [-0.05, 0) is 36.4 Å². The van der Waals surface area contributed by atoms with Gasteiger partial charge in [-0.3, -0.25) is 4.72 Å². The van der Waals surface area contributed by atoms with Gasteiger partial charge >= 0.3 is 5.97 Å². The van der Waals surface area contributed by atoms with Crippen molar-refractivity contribution in [1.82, 2.24) is 0 Å². The second kappa shape index (κ2) is 8.83. The Bertz CT molecular complexity index is 1180. The highest BCUT2D eigenvalue weighted by atomic mass is 32.2. The van der Waals surface area contributed by atoms with Crippen molar-refractivity contribution in [2.24, 2.45) is 0 Å². The minimum atomic E-state index is -4.10. The molecule has 0 bridgehead atoms. The first-order chi connectivity index (χ1) is 14.3. The predicted molar refractivity (Wildman–Crippen MR) is 107 cm³/mol. The van der Waals surface area contributed by atoms with Crippen LogP contribution in [0.15, 0.2) is 71.6 Å². The van der Waals surface area contributed by atoms with Gasteiger partial charge in [-0.2, -0.15) is 0 Å². The van der Waals surface area contributed by atoms with E-state index in [1.165, 1.54) is 31.4 Å². The summed E-state index contributed by atoms with van der Waals surface area (Å²) in [7, 11) is -2.70. The predicted octanol–water partition coefficient (Wildman–Crippen LogP) is 3.70. The van der Waals surface area contributed by atoms with Crippen molar-refractivity contribution in [3.8, 4) is 11.5 Å². The van der Waals surface area contributed by atoms with Crippen molar-refractivity contribution >= 4 is 21.7 Å². The summed E-state index contributed by atoms with van der Waals surface area (Å²) < 4.78 is 51.6. The quantitative estimate of drug-likeness (QED) is 0.553. The van der Waals surface area contributed by atoms with Crippen LogP contribution in [0.25, 0.3) is 0 Å². The molecule has 3 aromatic carbocycles. The molecule has 156 valence electrons. The van der Waals surface area contributed by atoms with Crippen molar-refractivity contribution in [1.29, 1.82) is 0 Å². The van der Waals surface area contributed by atoms with E-state index in [-0.39, 0.29) is 28.3 Å². The molecule has 0 aliphatic heterocycles. The first kappa shape index (κ1) is 21.1. The molecule has 0 heterocycles. The van der Waals surface area contributed by atoms with E-state index in [9.17, 15) is 22.7 Å². The molecular weight excluding hydrogens is 413 g/mol. The number of carbonyl (C=O) groups is 1. The number of hydrogen-bond acceptors (Lipinski definition) is 6. The molecule has 0 aliphatic rings. The zero-order chi connectivity index (χ0) is 21.7. The lowest BCUT2D eigenvalue weighted by Gasteiger charge is -2.13. The number of halogens is 1. The normalized spacial score (nSPS) is 11.0. The zero-order valence-electron chi connectivity index (χ0n) is 15.8. The molecule has 2 N–H and O–H groups in total. The van der Waals surface area contributed by atoms with Crippen LogP contribution in [-0.2, 0) is 21.4 Å². The Labute approximate surface area is 172 Å². The van der Waals surface area contributed by atoms with Gasteiger partial charge in [0, 0.05) is 5.56 Å². The van der Waals surface area contributed by atoms with E-state index in [0.29, 0.717) is 5.75 Å². The fraction of sp³-hybridized carbons (Fsp3) is 0.0952. The Hall–Kier alpha value is -3.59. The molecule has 0 unspecified atom stereocenters. The van der Waals surface area contributed by atoms with E-state index < -0.39 is 27.6 Å². The Morgan fingerprint density at radius 1 is 1.07 bits per heavy atom. The fourth-order valence-electron chi connectivity index (χ4n) is 2.61. The molecule has 0 aromatic heterocycles. The first-order valence-corrected chi connectivity index (χ1v) is 10.2. The van der Waals surface area contributed by atoms with Gasteiger partial charge in [0.2, 0.25) is 0 Å². The number of ether oxygens (including phenoxy) is 2. The molecule has 0 spiro atoms. The van der Waals surface area contributed by atoms with Crippen LogP contribution >= 0.6 is 0 Å². The van der Waals surface area contributed by atoms with Crippen LogP contribution in [0, 0.1) is 5.82 Å². The van der Waals surface area contributed by atoms with E-state index in [1.54, 1.807) is 24.3 Å². The smallest absolute Gasteiger partial charge is 0.342 e. The van der Waals surface area contributed by atoms with Crippen LogP contribution in [0.2, 0.25) is 0 Å². The Kier molecular flexibility index (Phi) is 6.22. The number of carbonyl (C=O) groups excluding carboxylic acids is 1. The SMILES string of the molecule is COc1ccccc1NS(=O)(=O)c1ccc(O)c(C(=O)OCc2ccccc2F)c1. The fourth-order valence-corrected chi connectivity index (χ4v) is 3.71. The number of esters is 1. The number of sulfonamides is 1. The summed E-state index contributed by atoms with van der Waals surface area (Å²) in [4.78, 5) is 12.1. The molecule has 0 fully saturated rings. The molecule has 9 heteroatoms. The van der Waals surface area contributed by atoms with E-state index in [0.717, 1.165) is 18.2 Å². The first-order valence-electron chi connectivity index (χ1n) is 8.71. The van der Waals surface area contributed by atoms with Gasteiger partial charge in [-0.25, -0.2) is 17.6 Å². The number of hydrogen-bond donors (Lipinski definition) is 2. The highest BCUT2D eigenvalue weighted by Gasteiger charge is 2.21. The summed E-state index contributed by atoms with van der Waals surface area (Å²) in [6.45, 7) is -0.374. The molecule has 0 saturated heterocycles. The van der Waals surface area contributed by atoms with Gasteiger partial charge in [0.25, 0.3) is 10.0 Å². The molecule has 30 heavy (non-hydrogen) atoms. The number of methoxy groups -OCH3 is 1. The molecule has 0 amide bonds. The number of aromatic hydroxyl groups is 1. The monoisotopic (exact) mass is 431 g/mol. The third-order valence-electron chi connectivity index (χ3n) is 4.17. The van der Waals surface area contributed by atoms with Crippen LogP contribution in [0.1, 0.15) is 15.9 Å². The number of phenols is 1. The summed E-state index contributed by atoms with van der Waals surface area (Å²) in [6, 6.07) is 15.3. The van der Waals surface area contributed by atoms with Gasteiger partial charge in [-0.15, -0.1) is 0 Å². The summed E-state index contributed by atoms with van der Waals surface area (Å²) in [5.41, 5.74) is -0.0158. The second-order valence-corrected chi connectivity index (χ2v) is 7.83. The Morgan fingerprint density at radius 3 is 2.50 bits per heavy atom. The average molecular weight is 431 g/mol.